The maximum Gasteiger partial charge on any atom is 0.334 e. The minimum Gasteiger partial charge on any atom is -0.479 e. The highest BCUT2D eigenvalue weighted by atomic mass is 19.3. The lowest BCUT2D eigenvalue weighted by molar-refractivity contribution is -0.146. The predicted molar refractivity (Wildman–Crippen MR) is 41.0 cm³/mol. The van der Waals surface area contributed by atoms with Crippen molar-refractivity contribution in [1.82, 2.24) is 10.6 Å². The third-order valence-corrected chi connectivity index (χ3v) is 1.16. The molecule has 8 heteroatoms. The standard InChI is InChI=1S/C6H10F2N2O4/c7-4(8)2-10-6(14)9-1-3(11)5(12)13/h3-4,11H,1-2H2,(H,12,13)(H2,9,10,14)/t3-/m0/s1. The van der Waals surface area contributed by atoms with Crippen molar-refractivity contribution in [3.8, 4) is 0 Å². The van der Waals surface area contributed by atoms with Crippen molar-refractivity contribution < 1.29 is 28.6 Å². The fraction of sp³-hybridized carbons (Fsp3) is 0.667. The summed E-state index contributed by atoms with van der Waals surface area (Å²) in [5, 5.41) is 20.5. The van der Waals surface area contributed by atoms with Crippen molar-refractivity contribution >= 4 is 12.0 Å². The zero-order chi connectivity index (χ0) is 11.1. The van der Waals surface area contributed by atoms with Crippen LogP contribution in [-0.2, 0) is 4.79 Å². The molecule has 0 aromatic heterocycles. The molecule has 1 atom stereocenters. The number of carbonyl (C=O) groups is 2. The lowest BCUT2D eigenvalue weighted by Gasteiger charge is -2.08. The quantitative estimate of drug-likeness (QED) is 0.469. The lowest BCUT2D eigenvalue weighted by Crippen LogP contribution is -2.43. The van der Waals surface area contributed by atoms with E-state index in [1.165, 1.54) is 0 Å². The average Bonchev–Trinajstić information content (AvgIpc) is 2.10. The minimum atomic E-state index is -2.68. The van der Waals surface area contributed by atoms with Gasteiger partial charge in [-0.05, 0) is 0 Å². The van der Waals surface area contributed by atoms with E-state index in [1.54, 1.807) is 5.32 Å². The second-order valence-electron chi connectivity index (χ2n) is 2.34. The smallest absolute Gasteiger partial charge is 0.334 e. The molecule has 0 aromatic carbocycles. The molecule has 6 nitrogen and oxygen atoms in total. The third-order valence-electron chi connectivity index (χ3n) is 1.16. The van der Waals surface area contributed by atoms with Crippen LogP contribution < -0.4 is 10.6 Å². The van der Waals surface area contributed by atoms with Gasteiger partial charge in [-0.25, -0.2) is 18.4 Å². The molecule has 0 bridgehead atoms. The molecule has 0 heterocycles. The van der Waals surface area contributed by atoms with Gasteiger partial charge < -0.3 is 20.8 Å². The van der Waals surface area contributed by atoms with E-state index < -0.39 is 37.6 Å². The number of carboxylic acids is 1. The predicted octanol–water partition coefficient (Wildman–Crippen LogP) is -1.00. The first-order valence-corrected chi connectivity index (χ1v) is 3.64. The number of halogens is 2. The summed E-state index contributed by atoms with van der Waals surface area (Å²) in [7, 11) is 0. The van der Waals surface area contributed by atoms with Crippen molar-refractivity contribution in [3.63, 3.8) is 0 Å². The van der Waals surface area contributed by atoms with E-state index in [9.17, 15) is 18.4 Å². The molecule has 0 saturated carbocycles. The summed E-state index contributed by atoms with van der Waals surface area (Å²) >= 11 is 0. The number of hydrogen-bond acceptors (Lipinski definition) is 3. The van der Waals surface area contributed by atoms with Gasteiger partial charge in [0.2, 0.25) is 0 Å². The van der Waals surface area contributed by atoms with Gasteiger partial charge in [-0.15, -0.1) is 0 Å². The first-order chi connectivity index (χ1) is 6.43. The van der Waals surface area contributed by atoms with Crippen LogP contribution in [0.4, 0.5) is 13.6 Å². The Balaban J connectivity index is 3.59. The van der Waals surface area contributed by atoms with Crippen molar-refractivity contribution in [1.29, 1.82) is 0 Å². The van der Waals surface area contributed by atoms with Gasteiger partial charge in [0.1, 0.15) is 0 Å². The monoisotopic (exact) mass is 212 g/mol. The summed E-state index contributed by atoms with van der Waals surface area (Å²) in [6.45, 7) is -1.36. The number of carbonyl (C=O) groups excluding carboxylic acids is 1. The number of amides is 2. The van der Waals surface area contributed by atoms with Gasteiger partial charge >= 0.3 is 12.0 Å². The Labute approximate surface area is 77.9 Å². The van der Waals surface area contributed by atoms with Gasteiger partial charge in [0.05, 0.1) is 13.1 Å². The van der Waals surface area contributed by atoms with Crippen molar-refractivity contribution in [2.75, 3.05) is 13.1 Å². The molecular formula is C6H10F2N2O4. The van der Waals surface area contributed by atoms with Crippen LogP contribution in [0.15, 0.2) is 0 Å². The van der Waals surface area contributed by atoms with Gasteiger partial charge in [0, 0.05) is 0 Å². The van der Waals surface area contributed by atoms with Gasteiger partial charge in [-0.1, -0.05) is 0 Å². The second-order valence-corrected chi connectivity index (χ2v) is 2.34. The maximum absolute atomic E-state index is 11.5. The second kappa shape index (κ2) is 6.08. The number of hydrogen-bond donors (Lipinski definition) is 4. The fourth-order valence-electron chi connectivity index (χ4n) is 0.509. The van der Waals surface area contributed by atoms with Gasteiger partial charge in [-0.2, -0.15) is 0 Å². The lowest BCUT2D eigenvalue weighted by atomic mass is 10.4. The summed E-state index contributed by atoms with van der Waals surface area (Å²) < 4.78 is 23.1. The van der Waals surface area contributed by atoms with Gasteiger partial charge in [0.25, 0.3) is 6.43 Å². The SMILES string of the molecule is O=C(NCC(F)F)NC[C@H](O)C(=O)O. The van der Waals surface area contributed by atoms with E-state index >= 15 is 0 Å². The number of nitrogens with one attached hydrogen (secondary N) is 2. The van der Waals surface area contributed by atoms with E-state index in [2.05, 4.69) is 0 Å². The maximum atomic E-state index is 11.5. The molecule has 0 aliphatic carbocycles. The number of rotatable bonds is 5. The summed E-state index contributed by atoms with van der Waals surface area (Å²) in [6, 6.07) is -0.953. The molecular weight excluding hydrogens is 202 g/mol. The molecule has 0 unspecified atom stereocenters. The normalized spacial score (nSPS) is 12.3. The first kappa shape index (κ1) is 12.6. The number of aliphatic carboxylic acids is 1. The molecule has 14 heavy (non-hydrogen) atoms. The van der Waals surface area contributed by atoms with Crippen LogP contribution in [0.3, 0.4) is 0 Å². The van der Waals surface area contributed by atoms with Crippen LogP contribution in [0, 0.1) is 0 Å². The summed E-state index contributed by atoms with van der Waals surface area (Å²) in [6.07, 6.45) is -4.42. The van der Waals surface area contributed by atoms with Crippen molar-refractivity contribution in [2.45, 2.75) is 12.5 Å². The molecule has 2 amide bonds. The Morgan fingerprint density at radius 3 is 2.14 bits per heavy atom. The summed E-state index contributed by atoms with van der Waals surface area (Å²) in [5.41, 5.74) is 0. The van der Waals surface area contributed by atoms with E-state index in [0.29, 0.717) is 0 Å². The molecule has 4 N–H and O–H groups in total. The largest absolute Gasteiger partial charge is 0.479 e. The van der Waals surface area contributed by atoms with E-state index in [4.69, 9.17) is 10.2 Å². The van der Waals surface area contributed by atoms with Crippen LogP contribution in [0.2, 0.25) is 0 Å². The van der Waals surface area contributed by atoms with Gasteiger partial charge in [0.15, 0.2) is 6.10 Å². The molecule has 0 fully saturated rings. The minimum absolute atomic E-state index is 0.537. The van der Waals surface area contributed by atoms with Crippen LogP contribution in [0.5, 0.6) is 0 Å². The average molecular weight is 212 g/mol. The third kappa shape index (κ3) is 6.12. The number of urea groups is 1. The Bertz CT molecular complexity index is 212. The number of aliphatic hydroxyl groups is 1. The highest BCUT2D eigenvalue weighted by Gasteiger charge is 2.14. The molecule has 0 aromatic rings. The fourth-order valence-corrected chi connectivity index (χ4v) is 0.509. The van der Waals surface area contributed by atoms with Crippen LogP contribution in [-0.4, -0.2) is 47.8 Å². The highest BCUT2D eigenvalue weighted by Crippen LogP contribution is 1.87. The van der Waals surface area contributed by atoms with E-state index in [-0.39, 0.29) is 0 Å². The zero-order valence-corrected chi connectivity index (χ0v) is 7.04. The number of alkyl halides is 2. The summed E-state index contributed by atoms with van der Waals surface area (Å²) in [5.74, 6) is -1.50. The Hall–Kier alpha value is -1.44. The molecule has 0 aliphatic rings. The van der Waals surface area contributed by atoms with Crippen LogP contribution >= 0.6 is 0 Å². The topological polar surface area (TPSA) is 98.7 Å². The summed E-state index contributed by atoms with van der Waals surface area (Å²) in [4.78, 5) is 20.7. The Morgan fingerprint density at radius 1 is 1.21 bits per heavy atom. The Kier molecular flexibility index (Phi) is 5.46. The van der Waals surface area contributed by atoms with Crippen LogP contribution in [0.1, 0.15) is 0 Å². The van der Waals surface area contributed by atoms with Gasteiger partial charge in [-0.3, -0.25) is 0 Å². The van der Waals surface area contributed by atoms with Crippen molar-refractivity contribution in [2.24, 2.45) is 0 Å². The van der Waals surface area contributed by atoms with E-state index in [1.807, 2.05) is 5.32 Å². The molecule has 82 valence electrons. The molecule has 0 spiro atoms. The Morgan fingerprint density at radius 2 is 1.71 bits per heavy atom. The zero-order valence-electron chi connectivity index (χ0n) is 7.04. The highest BCUT2D eigenvalue weighted by molar-refractivity contribution is 5.76. The van der Waals surface area contributed by atoms with Crippen LogP contribution in [0.25, 0.3) is 0 Å². The molecule has 0 rings (SSSR count). The number of aliphatic hydroxyl groups excluding tert-OH is 1. The molecule has 0 saturated heterocycles. The first-order valence-electron chi connectivity index (χ1n) is 3.64. The van der Waals surface area contributed by atoms with E-state index in [0.717, 1.165) is 0 Å². The molecule has 0 aliphatic heterocycles. The molecule has 0 radical (unpaired) electrons. The number of carboxylic acid groups (broad SMARTS) is 1. The van der Waals surface area contributed by atoms with Crippen molar-refractivity contribution in [3.05, 3.63) is 0 Å².